The molecule has 2 saturated carbocycles. The van der Waals surface area contributed by atoms with Crippen LogP contribution in [0, 0.1) is 34.5 Å². The summed E-state index contributed by atoms with van der Waals surface area (Å²) >= 11 is 4.21. The largest absolute Gasteiger partial charge is 0.449 e. The van der Waals surface area contributed by atoms with E-state index in [0.29, 0.717) is 31.4 Å². The zero-order valence-corrected chi connectivity index (χ0v) is 22.6. The Hall–Kier alpha value is -2.78. The summed E-state index contributed by atoms with van der Waals surface area (Å²) in [5.41, 5.74) is 1.36. The van der Waals surface area contributed by atoms with E-state index in [9.17, 15) is 19.1 Å². The summed E-state index contributed by atoms with van der Waals surface area (Å²) in [6.07, 6.45) is 11.4. The van der Waals surface area contributed by atoms with E-state index in [1.807, 2.05) is 13.1 Å². The van der Waals surface area contributed by atoms with Gasteiger partial charge in [-0.2, -0.15) is 9.49 Å². The molecule has 7 nitrogen and oxygen atoms in total. The lowest BCUT2D eigenvalue weighted by Crippen LogP contribution is -2.61. The third-order valence-electron chi connectivity index (χ3n) is 9.98. The maximum Gasteiger partial charge on any atom is 0.306 e. The Morgan fingerprint density at radius 3 is 2.76 bits per heavy atom. The number of allylic oxidation sites excluding steroid dienone is 3. The number of aromatic nitrogens is 3. The fourth-order valence-electron chi connectivity index (χ4n) is 8.15. The van der Waals surface area contributed by atoms with Crippen LogP contribution in [0.4, 0.5) is 4.39 Å². The number of halogens is 1. The molecule has 2 aromatic heterocycles. The van der Waals surface area contributed by atoms with Crippen LogP contribution in [0.3, 0.4) is 0 Å². The van der Waals surface area contributed by atoms with Crippen molar-refractivity contribution in [3.63, 3.8) is 0 Å². The molecule has 0 aliphatic heterocycles. The van der Waals surface area contributed by atoms with E-state index >= 15 is 0 Å². The molecule has 4 aliphatic rings. The zero-order chi connectivity index (χ0) is 27.0. The van der Waals surface area contributed by atoms with Crippen molar-refractivity contribution < 1.29 is 23.8 Å². The lowest BCUT2D eigenvalue weighted by Gasteiger charge is -2.58. The summed E-state index contributed by atoms with van der Waals surface area (Å²) in [5, 5.41) is 15.9. The third-order valence-corrected chi connectivity index (χ3v) is 10.3. The number of hydrogen-bond donors (Lipinski definition) is 2. The Labute approximate surface area is 226 Å². The average Bonchev–Trinajstić information content (AvgIpc) is 3.40. The Kier molecular flexibility index (Phi) is 5.78. The van der Waals surface area contributed by atoms with Crippen molar-refractivity contribution >= 4 is 29.8 Å². The number of nitrogens with zero attached hydrogens (tertiary/aromatic N) is 3. The van der Waals surface area contributed by atoms with Crippen molar-refractivity contribution in [3.05, 3.63) is 59.5 Å². The first-order chi connectivity index (χ1) is 18.0. The van der Waals surface area contributed by atoms with E-state index in [4.69, 9.17) is 4.74 Å². The van der Waals surface area contributed by atoms with Crippen LogP contribution >= 0.6 is 12.6 Å². The van der Waals surface area contributed by atoms with Crippen LogP contribution in [0.2, 0.25) is 0 Å². The number of pyridine rings is 1. The van der Waals surface area contributed by atoms with Crippen LogP contribution in [0.25, 0.3) is 11.8 Å². The quantitative estimate of drug-likeness (QED) is 0.339. The smallest absolute Gasteiger partial charge is 0.306 e. The van der Waals surface area contributed by atoms with Gasteiger partial charge in [-0.25, -0.2) is 9.67 Å². The Bertz CT molecular complexity index is 1390. The van der Waals surface area contributed by atoms with Crippen molar-refractivity contribution in [2.75, 3.05) is 0 Å². The predicted octanol–water partition coefficient (Wildman–Crippen LogP) is 4.48. The third kappa shape index (κ3) is 3.37. The van der Waals surface area contributed by atoms with Gasteiger partial charge in [-0.1, -0.05) is 32.9 Å². The molecule has 6 rings (SSSR count). The number of aliphatic hydroxyl groups excluding tert-OH is 1. The van der Waals surface area contributed by atoms with Crippen LogP contribution in [0.5, 0.6) is 0 Å². The highest BCUT2D eigenvalue weighted by atomic mass is 32.1. The highest BCUT2D eigenvalue weighted by Gasteiger charge is 2.69. The fraction of sp³-hybridized carbons (Fsp3) is 0.517. The molecule has 0 aromatic carbocycles. The molecular formula is C29H32FN3O4S. The summed E-state index contributed by atoms with van der Waals surface area (Å²) in [6.45, 7) is 5.90. The van der Waals surface area contributed by atoms with E-state index in [2.05, 4.69) is 47.9 Å². The molecule has 2 fully saturated rings. The first-order valence-corrected chi connectivity index (χ1v) is 13.7. The van der Waals surface area contributed by atoms with Crippen LogP contribution in [-0.2, 0) is 20.7 Å². The van der Waals surface area contributed by atoms with Gasteiger partial charge in [0, 0.05) is 23.2 Å². The van der Waals surface area contributed by atoms with Gasteiger partial charge < -0.3 is 9.84 Å². The van der Waals surface area contributed by atoms with E-state index in [1.165, 1.54) is 12.3 Å². The monoisotopic (exact) mass is 537 g/mol. The number of aliphatic hydroxyl groups is 1. The number of carbonyl (C=O) groups excluding carboxylic acids is 2. The van der Waals surface area contributed by atoms with Gasteiger partial charge in [0.05, 0.1) is 29.9 Å². The molecule has 0 saturated heterocycles. The molecule has 0 amide bonds. The number of fused-ring (bicyclic) bond motifs is 6. The van der Waals surface area contributed by atoms with E-state index in [0.717, 1.165) is 16.8 Å². The maximum absolute atomic E-state index is 13.4. The molecule has 0 spiro atoms. The minimum atomic E-state index is -1.34. The van der Waals surface area contributed by atoms with Crippen molar-refractivity contribution in [2.24, 2.45) is 28.6 Å². The van der Waals surface area contributed by atoms with Crippen molar-refractivity contribution in [2.45, 2.75) is 64.6 Å². The summed E-state index contributed by atoms with van der Waals surface area (Å²) in [4.78, 5) is 29.1. The number of esters is 1. The fourth-order valence-corrected chi connectivity index (χ4v) is 8.56. The van der Waals surface area contributed by atoms with Crippen molar-refractivity contribution in [1.82, 2.24) is 14.8 Å². The number of hydrogen-bond acceptors (Lipinski definition) is 6. The van der Waals surface area contributed by atoms with E-state index in [1.54, 1.807) is 17.7 Å². The molecule has 2 aromatic rings. The summed E-state index contributed by atoms with van der Waals surface area (Å²) in [5.74, 6) is -0.969. The number of thiol groups is 1. The van der Waals surface area contributed by atoms with Gasteiger partial charge in [-0.05, 0) is 66.9 Å². The molecule has 0 radical (unpaired) electrons. The molecule has 2 unspecified atom stereocenters. The Balaban J connectivity index is 1.39. The van der Waals surface area contributed by atoms with Crippen molar-refractivity contribution in [1.29, 1.82) is 0 Å². The summed E-state index contributed by atoms with van der Waals surface area (Å²) < 4.78 is 21.1. The predicted molar refractivity (Wildman–Crippen MR) is 142 cm³/mol. The minimum Gasteiger partial charge on any atom is -0.449 e. The van der Waals surface area contributed by atoms with Gasteiger partial charge in [0.2, 0.25) is 11.1 Å². The number of carbonyl (C=O) groups is 2. The summed E-state index contributed by atoms with van der Waals surface area (Å²) in [6, 6.07) is 2.97. The van der Waals surface area contributed by atoms with Gasteiger partial charge in [0.15, 0.2) is 5.60 Å². The normalized spacial score (nSPS) is 36.9. The van der Waals surface area contributed by atoms with Crippen LogP contribution in [-0.4, -0.2) is 42.7 Å². The van der Waals surface area contributed by atoms with Gasteiger partial charge in [0.1, 0.15) is 0 Å². The Morgan fingerprint density at radius 2 is 2.08 bits per heavy atom. The number of ether oxygens (including phenoxy) is 1. The maximum atomic E-state index is 13.4. The van der Waals surface area contributed by atoms with E-state index < -0.39 is 34.2 Å². The standard InChI is InChI=1S/C29H32FN3O4S/c1-4-24(35)37-29(26(36)38)10-9-20-19-7-5-17-11-21-16(14-32-33(21)18-6-8-23(30)31-15-18)12-27(17,2)25(19)22(34)13-28(20,29)3/h5-8,11,14-15,19-20,22,25,34H,4,9-10,12-13H2,1-3H3,(H,36,38)/t19-,20?,22-,25?,27-,28-,29-/m0/s1. The van der Waals surface area contributed by atoms with Crippen LogP contribution in [0.15, 0.2) is 42.3 Å². The molecule has 200 valence electrons. The Morgan fingerprint density at radius 1 is 1.29 bits per heavy atom. The molecule has 1 N–H and O–H groups in total. The second-order valence-corrected chi connectivity index (χ2v) is 12.2. The summed E-state index contributed by atoms with van der Waals surface area (Å²) in [7, 11) is 0. The van der Waals surface area contributed by atoms with Gasteiger partial charge in [-0.3, -0.25) is 9.59 Å². The second-order valence-electron chi connectivity index (χ2n) is 11.8. The molecule has 2 heterocycles. The molecule has 38 heavy (non-hydrogen) atoms. The first-order valence-electron chi connectivity index (χ1n) is 13.3. The minimum absolute atomic E-state index is 0.0127. The molecule has 4 aliphatic carbocycles. The number of rotatable bonds is 4. The van der Waals surface area contributed by atoms with Gasteiger partial charge >= 0.3 is 5.97 Å². The second kappa shape index (κ2) is 8.61. The molecular weight excluding hydrogens is 505 g/mol. The average molecular weight is 538 g/mol. The molecule has 9 heteroatoms. The topological polar surface area (TPSA) is 94.3 Å². The molecule has 0 bridgehead atoms. The lowest BCUT2D eigenvalue weighted by atomic mass is 9.47. The SMILES string of the molecule is CCC(=O)O[C@]1(C(=O)S)CCC2[C@@H]3C=CC4=Cc5c(cnn5-c5ccc(F)nc5)C[C@]4(C)C3[C@@H](O)C[C@@]21C. The van der Waals surface area contributed by atoms with Gasteiger partial charge in [0.25, 0.3) is 0 Å². The van der Waals surface area contributed by atoms with Crippen molar-refractivity contribution in [3.8, 4) is 5.69 Å². The van der Waals surface area contributed by atoms with E-state index in [-0.39, 0.29) is 29.6 Å². The van der Waals surface area contributed by atoms with Gasteiger partial charge in [-0.15, -0.1) is 12.6 Å². The van der Waals surface area contributed by atoms with Crippen LogP contribution < -0.4 is 0 Å². The zero-order valence-electron chi connectivity index (χ0n) is 21.7. The highest BCUT2D eigenvalue weighted by molar-refractivity contribution is 7.96. The highest BCUT2D eigenvalue weighted by Crippen LogP contribution is 2.67. The lowest BCUT2D eigenvalue weighted by molar-refractivity contribution is -0.191. The molecule has 7 atom stereocenters. The first kappa shape index (κ1) is 25.5. The van der Waals surface area contributed by atoms with Crippen LogP contribution in [0.1, 0.15) is 57.7 Å².